The molecule has 2 aromatic rings. The lowest BCUT2D eigenvalue weighted by molar-refractivity contribution is -0.116. The number of ether oxygens (including phenoxy) is 1. The van der Waals surface area contributed by atoms with Gasteiger partial charge in [-0.25, -0.2) is 0 Å². The molecule has 0 radical (unpaired) electrons. The number of hydrogen-bond donors (Lipinski definition) is 3. The van der Waals surface area contributed by atoms with Crippen molar-refractivity contribution in [1.29, 1.82) is 0 Å². The van der Waals surface area contributed by atoms with Gasteiger partial charge in [0, 0.05) is 18.4 Å². The lowest BCUT2D eigenvalue weighted by Crippen LogP contribution is -2.27. The van der Waals surface area contributed by atoms with Gasteiger partial charge in [-0.3, -0.25) is 19.4 Å². The van der Waals surface area contributed by atoms with Crippen LogP contribution in [0, 0.1) is 0 Å². The number of H-pyrrole nitrogens is 1. The number of methoxy groups -OCH3 is 1. The molecule has 1 atom stereocenters. The minimum atomic E-state index is -0.378. The van der Waals surface area contributed by atoms with Crippen LogP contribution in [0.1, 0.15) is 43.4 Å². The second kappa shape index (κ2) is 5.49. The highest BCUT2D eigenvalue weighted by Crippen LogP contribution is 2.38. The normalized spacial score (nSPS) is 17.0. The van der Waals surface area contributed by atoms with Crippen LogP contribution < -0.4 is 15.6 Å². The minimum absolute atomic E-state index is 0.0138. The molecule has 1 aromatic heterocycles. The number of fused-ring (bicyclic) bond motifs is 1. The molecule has 0 spiro atoms. The average molecular weight is 317 g/mol. The molecule has 0 saturated heterocycles. The lowest BCUT2D eigenvalue weighted by atomic mass is 9.87. The molecule has 1 aliphatic rings. The summed E-state index contributed by atoms with van der Waals surface area (Å²) in [5.41, 5.74) is 1.07. The molecule has 0 fully saturated rings. The Labute approximate surface area is 132 Å². The van der Waals surface area contributed by atoms with E-state index in [1.807, 2.05) is 13.8 Å². The van der Waals surface area contributed by atoms with E-state index in [0.29, 0.717) is 17.1 Å². The van der Waals surface area contributed by atoms with E-state index in [1.165, 1.54) is 13.2 Å². The van der Waals surface area contributed by atoms with Crippen LogP contribution in [0.2, 0.25) is 0 Å². The van der Waals surface area contributed by atoms with E-state index in [1.54, 1.807) is 16.8 Å². The van der Waals surface area contributed by atoms with E-state index in [-0.39, 0.29) is 35.6 Å². The summed E-state index contributed by atoms with van der Waals surface area (Å²) in [6.07, 6.45) is 0.173. The molecule has 7 nitrogen and oxygen atoms in total. The fourth-order valence-electron chi connectivity index (χ4n) is 2.97. The van der Waals surface area contributed by atoms with Crippen LogP contribution in [0.5, 0.6) is 11.5 Å². The number of anilines is 1. The van der Waals surface area contributed by atoms with Gasteiger partial charge in [-0.05, 0) is 31.5 Å². The second-order valence-electron chi connectivity index (χ2n) is 5.90. The van der Waals surface area contributed by atoms with Gasteiger partial charge < -0.3 is 15.2 Å². The van der Waals surface area contributed by atoms with Crippen molar-refractivity contribution in [2.75, 3.05) is 12.4 Å². The smallest absolute Gasteiger partial charge is 0.270 e. The Kier molecular flexibility index (Phi) is 3.63. The number of phenolic OH excluding ortho intramolecular Hbond substituents is 1. The highest BCUT2D eigenvalue weighted by Gasteiger charge is 2.33. The van der Waals surface area contributed by atoms with E-state index in [0.717, 1.165) is 5.56 Å². The number of benzene rings is 1. The van der Waals surface area contributed by atoms with Crippen LogP contribution >= 0.6 is 0 Å². The number of nitrogens with zero attached hydrogens (tertiary/aromatic N) is 1. The van der Waals surface area contributed by atoms with Crippen molar-refractivity contribution >= 4 is 11.7 Å². The first-order valence-electron chi connectivity index (χ1n) is 7.43. The number of rotatable bonds is 3. The van der Waals surface area contributed by atoms with Gasteiger partial charge in [0.15, 0.2) is 11.5 Å². The Hall–Kier alpha value is -2.70. The zero-order chi connectivity index (χ0) is 16.7. The molecule has 0 saturated carbocycles. The number of aromatic amines is 1. The summed E-state index contributed by atoms with van der Waals surface area (Å²) in [4.78, 5) is 24.5. The van der Waals surface area contributed by atoms with Crippen LogP contribution in [-0.4, -0.2) is 27.9 Å². The maximum absolute atomic E-state index is 12.4. The van der Waals surface area contributed by atoms with E-state index in [9.17, 15) is 14.7 Å². The number of carbonyl (C=O) groups is 1. The molecule has 122 valence electrons. The van der Waals surface area contributed by atoms with Crippen LogP contribution in [-0.2, 0) is 4.79 Å². The summed E-state index contributed by atoms with van der Waals surface area (Å²) in [6, 6.07) is 4.89. The molecule has 0 unspecified atom stereocenters. The molecule has 1 amide bonds. The summed E-state index contributed by atoms with van der Waals surface area (Å²) in [6.45, 7) is 3.85. The maximum Gasteiger partial charge on any atom is 0.270 e. The van der Waals surface area contributed by atoms with Crippen molar-refractivity contribution < 1.29 is 14.6 Å². The van der Waals surface area contributed by atoms with Gasteiger partial charge in [0.1, 0.15) is 5.82 Å². The number of carbonyl (C=O) groups excluding carboxylic acids is 1. The molecule has 1 aromatic carbocycles. The largest absolute Gasteiger partial charge is 0.504 e. The number of hydrogen-bond acceptors (Lipinski definition) is 4. The highest BCUT2D eigenvalue weighted by molar-refractivity contribution is 5.94. The van der Waals surface area contributed by atoms with Crippen molar-refractivity contribution in [3.8, 4) is 11.5 Å². The van der Waals surface area contributed by atoms with Crippen molar-refractivity contribution in [3.05, 3.63) is 39.7 Å². The average Bonchev–Trinajstić information content (AvgIpc) is 2.84. The third-order valence-electron chi connectivity index (χ3n) is 4.08. The summed E-state index contributed by atoms with van der Waals surface area (Å²) in [5, 5.41) is 15.3. The molecule has 3 N–H and O–H groups in total. The summed E-state index contributed by atoms with van der Waals surface area (Å²) in [5.74, 6) is 0.318. The Morgan fingerprint density at radius 3 is 2.74 bits per heavy atom. The van der Waals surface area contributed by atoms with Crippen molar-refractivity contribution in [1.82, 2.24) is 9.78 Å². The van der Waals surface area contributed by atoms with Crippen LogP contribution in [0.15, 0.2) is 23.0 Å². The van der Waals surface area contributed by atoms with E-state index in [4.69, 9.17) is 4.74 Å². The van der Waals surface area contributed by atoms with Gasteiger partial charge >= 0.3 is 0 Å². The van der Waals surface area contributed by atoms with E-state index in [2.05, 4.69) is 10.4 Å². The quantitative estimate of drug-likeness (QED) is 0.806. The van der Waals surface area contributed by atoms with Gasteiger partial charge in [-0.1, -0.05) is 6.07 Å². The highest BCUT2D eigenvalue weighted by atomic mass is 16.5. The van der Waals surface area contributed by atoms with Gasteiger partial charge in [0.05, 0.1) is 12.7 Å². The minimum Gasteiger partial charge on any atom is -0.504 e. The Morgan fingerprint density at radius 2 is 2.09 bits per heavy atom. The number of phenols is 1. The maximum atomic E-state index is 12.4. The molecule has 23 heavy (non-hydrogen) atoms. The first kappa shape index (κ1) is 15.2. The number of nitrogens with one attached hydrogen (secondary N) is 2. The first-order chi connectivity index (χ1) is 10.9. The summed E-state index contributed by atoms with van der Waals surface area (Å²) >= 11 is 0. The Balaban J connectivity index is 2.16. The van der Waals surface area contributed by atoms with Gasteiger partial charge in [-0.2, -0.15) is 0 Å². The lowest BCUT2D eigenvalue weighted by Gasteiger charge is -2.24. The van der Waals surface area contributed by atoms with Gasteiger partial charge in [0.25, 0.3) is 5.56 Å². The van der Waals surface area contributed by atoms with Crippen LogP contribution in [0.25, 0.3) is 0 Å². The standard InChI is InChI=1S/C16H19N3O4/c1-8(2)19-15-14(16(22)18-19)10(7-13(21)17-15)9-4-5-11(20)12(6-9)23-3/h4-6,8,10,20H,7H2,1-3H3,(H,17,21)(H,18,22)/t10-/m0/s1. The summed E-state index contributed by atoms with van der Waals surface area (Å²) < 4.78 is 6.79. The monoisotopic (exact) mass is 317 g/mol. The van der Waals surface area contributed by atoms with E-state index < -0.39 is 0 Å². The zero-order valence-electron chi connectivity index (χ0n) is 13.2. The number of aromatic nitrogens is 2. The molecule has 0 aliphatic carbocycles. The predicted molar refractivity (Wildman–Crippen MR) is 85.2 cm³/mol. The predicted octanol–water partition coefficient (Wildman–Crippen LogP) is 1.95. The molecular weight excluding hydrogens is 298 g/mol. The van der Waals surface area contributed by atoms with Crippen LogP contribution in [0.4, 0.5) is 5.82 Å². The first-order valence-corrected chi connectivity index (χ1v) is 7.43. The van der Waals surface area contributed by atoms with E-state index >= 15 is 0 Å². The SMILES string of the molecule is COc1cc([C@@H]2CC(=O)Nc3c2c(=O)[nH]n3C(C)C)ccc1O. The topological polar surface area (TPSA) is 96.4 Å². The molecule has 0 bridgehead atoms. The second-order valence-corrected chi connectivity index (χ2v) is 5.90. The summed E-state index contributed by atoms with van der Waals surface area (Å²) in [7, 11) is 1.46. The molecular formula is C16H19N3O4. The molecule has 3 rings (SSSR count). The molecule has 7 heteroatoms. The number of aromatic hydroxyl groups is 1. The third-order valence-corrected chi connectivity index (χ3v) is 4.08. The molecule has 2 heterocycles. The van der Waals surface area contributed by atoms with Gasteiger partial charge in [0.2, 0.25) is 5.91 Å². The van der Waals surface area contributed by atoms with Crippen molar-refractivity contribution in [3.63, 3.8) is 0 Å². The van der Waals surface area contributed by atoms with Crippen molar-refractivity contribution in [2.24, 2.45) is 0 Å². The molecule has 1 aliphatic heterocycles. The van der Waals surface area contributed by atoms with Crippen molar-refractivity contribution in [2.45, 2.75) is 32.2 Å². The Bertz CT molecular complexity index is 819. The zero-order valence-corrected chi connectivity index (χ0v) is 13.2. The Morgan fingerprint density at radius 1 is 1.35 bits per heavy atom. The van der Waals surface area contributed by atoms with Gasteiger partial charge in [-0.15, -0.1) is 0 Å². The fraction of sp³-hybridized carbons (Fsp3) is 0.375. The number of amides is 1. The fourth-order valence-corrected chi connectivity index (χ4v) is 2.97. The third kappa shape index (κ3) is 2.48. The van der Waals surface area contributed by atoms with Crippen LogP contribution in [0.3, 0.4) is 0 Å².